The quantitative estimate of drug-likeness (QED) is 0.798. The van der Waals surface area contributed by atoms with Crippen molar-refractivity contribution in [3.63, 3.8) is 0 Å². The minimum Gasteiger partial charge on any atom is -0.379 e. The SMILES string of the molecule is COC(C)(C)CCn1ccc2ccc(Cl)cc21. The van der Waals surface area contributed by atoms with Gasteiger partial charge in [-0.25, -0.2) is 0 Å². The van der Waals surface area contributed by atoms with Crippen LogP contribution in [0.3, 0.4) is 0 Å². The number of aromatic nitrogens is 1. The summed E-state index contributed by atoms with van der Waals surface area (Å²) in [5.74, 6) is 0. The summed E-state index contributed by atoms with van der Waals surface area (Å²) in [7, 11) is 1.75. The molecule has 2 aromatic rings. The summed E-state index contributed by atoms with van der Waals surface area (Å²) in [6, 6.07) is 8.10. The summed E-state index contributed by atoms with van der Waals surface area (Å²) in [6.07, 6.45) is 3.08. The summed E-state index contributed by atoms with van der Waals surface area (Å²) < 4.78 is 7.66. The average molecular weight is 252 g/mol. The molecule has 0 N–H and O–H groups in total. The van der Waals surface area contributed by atoms with Crippen LogP contribution in [-0.4, -0.2) is 17.3 Å². The van der Waals surface area contributed by atoms with Crippen LogP contribution in [0.15, 0.2) is 30.5 Å². The Morgan fingerprint density at radius 2 is 2.06 bits per heavy atom. The first-order valence-corrected chi connectivity index (χ1v) is 6.19. The fourth-order valence-electron chi connectivity index (χ4n) is 1.84. The Hall–Kier alpha value is -0.990. The molecule has 2 nitrogen and oxygen atoms in total. The normalized spacial score (nSPS) is 12.2. The van der Waals surface area contributed by atoms with Crippen LogP contribution in [-0.2, 0) is 11.3 Å². The molecule has 1 aromatic carbocycles. The molecule has 0 spiro atoms. The molecule has 2 rings (SSSR count). The Balaban J connectivity index is 2.22. The molecule has 0 bridgehead atoms. The standard InChI is InChI=1S/C14H18ClNO/c1-14(2,17-3)7-9-16-8-6-11-4-5-12(15)10-13(11)16/h4-6,8,10H,7,9H2,1-3H3. The highest BCUT2D eigenvalue weighted by Crippen LogP contribution is 2.22. The van der Waals surface area contributed by atoms with E-state index < -0.39 is 0 Å². The van der Waals surface area contributed by atoms with Crippen LogP contribution in [0.1, 0.15) is 20.3 Å². The highest BCUT2D eigenvalue weighted by Gasteiger charge is 2.16. The van der Waals surface area contributed by atoms with Gasteiger partial charge in [-0.2, -0.15) is 0 Å². The predicted octanol–water partition coefficient (Wildman–Crippen LogP) is 4.11. The van der Waals surface area contributed by atoms with Gasteiger partial charge in [-0.05, 0) is 43.9 Å². The molecule has 92 valence electrons. The van der Waals surface area contributed by atoms with Gasteiger partial charge in [0.25, 0.3) is 0 Å². The predicted molar refractivity (Wildman–Crippen MR) is 72.7 cm³/mol. The van der Waals surface area contributed by atoms with E-state index in [0.717, 1.165) is 18.0 Å². The van der Waals surface area contributed by atoms with Gasteiger partial charge in [-0.15, -0.1) is 0 Å². The third-order valence-corrected chi connectivity index (χ3v) is 3.48. The molecular weight excluding hydrogens is 234 g/mol. The monoisotopic (exact) mass is 251 g/mol. The minimum absolute atomic E-state index is 0.0881. The Labute approximate surface area is 107 Å². The van der Waals surface area contributed by atoms with Gasteiger partial charge in [0, 0.05) is 30.4 Å². The van der Waals surface area contributed by atoms with Crippen LogP contribution in [0, 0.1) is 0 Å². The molecule has 0 unspecified atom stereocenters. The number of fused-ring (bicyclic) bond motifs is 1. The first-order valence-electron chi connectivity index (χ1n) is 5.81. The summed E-state index contributed by atoms with van der Waals surface area (Å²) in [4.78, 5) is 0. The fourth-order valence-corrected chi connectivity index (χ4v) is 2.01. The molecule has 0 atom stereocenters. The van der Waals surface area contributed by atoms with Gasteiger partial charge in [0.2, 0.25) is 0 Å². The van der Waals surface area contributed by atoms with Gasteiger partial charge < -0.3 is 9.30 Å². The number of rotatable bonds is 4. The minimum atomic E-state index is -0.0881. The van der Waals surface area contributed by atoms with Crippen LogP contribution in [0.4, 0.5) is 0 Å². The third-order valence-electron chi connectivity index (χ3n) is 3.24. The number of halogens is 1. The van der Waals surface area contributed by atoms with Crippen molar-refractivity contribution >= 4 is 22.5 Å². The number of nitrogens with zero attached hydrogens (tertiary/aromatic N) is 1. The lowest BCUT2D eigenvalue weighted by molar-refractivity contribution is 0.0123. The molecule has 0 fully saturated rings. The lowest BCUT2D eigenvalue weighted by Crippen LogP contribution is -2.24. The maximum atomic E-state index is 6.03. The Kier molecular flexibility index (Phi) is 3.45. The maximum Gasteiger partial charge on any atom is 0.0639 e. The van der Waals surface area contributed by atoms with Crippen molar-refractivity contribution < 1.29 is 4.74 Å². The maximum absolute atomic E-state index is 6.03. The van der Waals surface area contributed by atoms with E-state index in [1.54, 1.807) is 7.11 Å². The van der Waals surface area contributed by atoms with Gasteiger partial charge in [0.05, 0.1) is 5.60 Å². The number of aryl methyl sites for hydroxylation is 1. The largest absolute Gasteiger partial charge is 0.379 e. The Morgan fingerprint density at radius 3 is 2.76 bits per heavy atom. The molecule has 0 saturated heterocycles. The van der Waals surface area contributed by atoms with E-state index >= 15 is 0 Å². The zero-order chi connectivity index (χ0) is 12.5. The van der Waals surface area contributed by atoms with Crippen LogP contribution in [0.2, 0.25) is 5.02 Å². The zero-order valence-corrected chi connectivity index (χ0v) is 11.3. The molecule has 17 heavy (non-hydrogen) atoms. The van der Waals surface area contributed by atoms with E-state index in [1.807, 2.05) is 12.1 Å². The van der Waals surface area contributed by atoms with E-state index in [4.69, 9.17) is 16.3 Å². The highest BCUT2D eigenvalue weighted by atomic mass is 35.5. The molecule has 3 heteroatoms. The number of benzene rings is 1. The molecule has 0 radical (unpaired) electrons. The van der Waals surface area contributed by atoms with Crippen LogP contribution in [0.5, 0.6) is 0 Å². The highest BCUT2D eigenvalue weighted by molar-refractivity contribution is 6.31. The average Bonchev–Trinajstić information content (AvgIpc) is 2.69. The summed E-state index contributed by atoms with van der Waals surface area (Å²) in [6.45, 7) is 5.14. The van der Waals surface area contributed by atoms with Crippen LogP contribution < -0.4 is 0 Å². The van der Waals surface area contributed by atoms with Gasteiger partial charge in [-0.1, -0.05) is 17.7 Å². The second-order valence-electron chi connectivity index (χ2n) is 4.93. The van der Waals surface area contributed by atoms with Crippen LogP contribution in [0.25, 0.3) is 10.9 Å². The molecular formula is C14H18ClNO. The zero-order valence-electron chi connectivity index (χ0n) is 10.5. The molecule has 1 heterocycles. The van der Waals surface area contributed by atoms with Gasteiger partial charge in [0.15, 0.2) is 0 Å². The molecule has 0 saturated carbocycles. The molecule has 0 aliphatic rings. The van der Waals surface area contributed by atoms with Gasteiger partial charge in [-0.3, -0.25) is 0 Å². The van der Waals surface area contributed by atoms with E-state index in [2.05, 4.69) is 36.7 Å². The van der Waals surface area contributed by atoms with Gasteiger partial charge in [0.1, 0.15) is 0 Å². The van der Waals surface area contributed by atoms with E-state index in [9.17, 15) is 0 Å². The Bertz CT molecular complexity index is 516. The fraction of sp³-hybridized carbons (Fsp3) is 0.429. The molecule has 0 aliphatic carbocycles. The summed E-state index contributed by atoms with van der Waals surface area (Å²) in [5.41, 5.74) is 1.10. The lowest BCUT2D eigenvalue weighted by atomic mass is 10.1. The van der Waals surface area contributed by atoms with Crippen molar-refractivity contribution in [3.05, 3.63) is 35.5 Å². The van der Waals surface area contributed by atoms with Crippen molar-refractivity contribution in [2.75, 3.05) is 7.11 Å². The third kappa shape index (κ3) is 2.82. The lowest BCUT2D eigenvalue weighted by Gasteiger charge is -2.23. The van der Waals surface area contributed by atoms with Crippen molar-refractivity contribution in [2.24, 2.45) is 0 Å². The van der Waals surface area contributed by atoms with E-state index in [-0.39, 0.29) is 5.60 Å². The van der Waals surface area contributed by atoms with Crippen molar-refractivity contribution in [1.82, 2.24) is 4.57 Å². The van der Waals surface area contributed by atoms with Crippen molar-refractivity contribution in [1.29, 1.82) is 0 Å². The Morgan fingerprint density at radius 1 is 1.29 bits per heavy atom. The second kappa shape index (κ2) is 4.71. The van der Waals surface area contributed by atoms with Crippen molar-refractivity contribution in [2.45, 2.75) is 32.4 Å². The van der Waals surface area contributed by atoms with E-state index in [1.165, 1.54) is 10.9 Å². The second-order valence-corrected chi connectivity index (χ2v) is 5.36. The number of hydrogen-bond acceptors (Lipinski definition) is 1. The van der Waals surface area contributed by atoms with Gasteiger partial charge >= 0.3 is 0 Å². The topological polar surface area (TPSA) is 14.2 Å². The first kappa shape index (κ1) is 12.5. The smallest absolute Gasteiger partial charge is 0.0639 e. The summed E-state index contributed by atoms with van der Waals surface area (Å²) >= 11 is 6.03. The number of ether oxygens (including phenoxy) is 1. The molecule has 0 amide bonds. The summed E-state index contributed by atoms with van der Waals surface area (Å²) in [5, 5.41) is 2.01. The number of hydrogen-bond donors (Lipinski definition) is 0. The number of methoxy groups -OCH3 is 1. The van der Waals surface area contributed by atoms with E-state index in [0.29, 0.717) is 0 Å². The molecule has 0 aliphatic heterocycles. The molecule has 1 aromatic heterocycles. The first-order chi connectivity index (χ1) is 8.02. The van der Waals surface area contributed by atoms with Crippen molar-refractivity contribution in [3.8, 4) is 0 Å². The van der Waals surface area contributed by atoms with Crippen LogP contribution >= 0.6 is 11.6 Å².